The van der Waals surface area contributed by atoms with Crippen LogP contribution in [0.5, 0.6) is 0 Å². The Morgan fingerprint density at radius 1 is 1.39 bits per heavy atom. The van der Waals surface area contributed by atoms with Crippen molar-refractivity contribution in [2.45, 2.75) is 32.2 Å². The van der Waals surface area contributed by atoms with Gasteiger partial charge in [-0.25, -0.2) is 4.98 Å². The maximum absolute atomic E-state index is 11.2. The number of hydrogen-bond acceptors (Lipinski definition) is 3. The number of carbonyl (C=O) groups is 1. The molecule has 1 aromatic heterocycles. The third-order valence-corrected chi connectivity index (χ3v) is 4.63. The number of nitrogens with two attached hydrogens (primary N) is 1. The second-order valence-corrected chi connectivity index (χ2v) is 6.48. The van der Waals surface area contributed by atoms with Gasteiger partial charge in [-0.05, 0) is 37.8 Å². The van der Waals surface area contributed by atoms with E-state index in [0.717, 1.165) is 31.6 Å². The van der Waals surface area contributed by atoms with Crippen LogP contribution in [-0.4, -0.2) is 23.5 Å². The predicted octanol–water partition coefficient (Wildman–Crippen LogP) is 3.35. The number of primary amides is 1. The zero-order chi connectivity index (χ0) is 16.4. The van der Waals surface area contributed by atoms with Crippen LogP contribution in [0.4, 0.5) is 5.82 Å². The highest BCUT2D eigenvalue weighted by molar-refractivity contribution is 6.33. The first kappa shape index (κ1) is 15.8. The topological polar surface area (TPSA) is 59.2 Å². The zero-order valence-corrected chi connectivity index (χ0v) is 13.9. The first-order valence-electron chi connectivity index (χ1n) is 7.82. The molecule has 3 rings (SSSR count). The van der Waals surface area contributed by atoms with Gasteiger partial charge in [0.25, 0.3) is 0 Å². The highest BCUT2D eigenvalue weighted by Gasteiger charge is 2.27. The largest absolute Gasteiger partial charge is 0.366 e. The van der Waals surface area contributed by atoms with Crippen LogP contribution in [-0.2, 0) is 6.42 Å². The van der Waals surface area contributed by atoms with Crippen molar-refractivity contribution in [2.24, 2.45) is 5.73 Å². The molecule has 1 saturated heterocycles. The first-order chi connectivity index (χ1) is 11.0. The van der Waals surface area contributed by atoms with E-state index < -0.39 is 5.91 Å². The van der Waals surface area contributed by atoms with Crippen molar-refractivity contribution in [3.8, 4) is 0 Å². The standard InChI is InChI=1S/C18H20ClN3O/c1-12-4-6-13(7-5-12)9-15-3-2-8-22(15)18-16(19)10-14(11-21-18)17(20)23/h4-7,10-11,15H,2-3,8-9H2,1H3,(H2,20,23)/t15-/m1/s1. The van der Waals surface area contributed by atoms with E-state index in [1.54, 1.807) is 6.07 Å². The van der Waals surface area contributed by atoms with Crippen LogP contribution in [0.1, 0.15) is 34.3 Å². The van der Waals surface area contributed by atoms with Crippen LogP contribution in [0, 0.1) is 6.92 Å². The number of anilines is 1. The highest BCUT2D eigenvalue weighted by Crippen LogP contribution is 2.31. The lowest BCUT2D eigenvalue weighted by atomic mass is 10.0. The minimum absolute atomic E-state index is 0.341. The van der Waals surface area contributed by atoms with Crippen LogP contribution in [0.3, 0.4) is 0 Å². The normalized spacial score (nSPS) is 17.5. The monoisotopic (exact) mass is 329 g/mol. The summed E-state index contributed by atoms with van der Waals surface area (Å²) in [5.41, 5.74) is 8.20. The molecule has 0 aliphatic carbocycles. The molecular formula is C18H20ClN3O. The molecule has 1 amide bonds. The van der Waals surface area contributed by atoms with Crippen molar-refractivity contribution in [3.63, 3.8) is 0 Å². The van der Waals surface area contributed by atoms with Crippen molar-refractivity contribution in [2.75, 3.05) is 11.4 Å². The fourth-order valence-electron chi connectivity index (χ4n) is 3.10. The summed E-state index contributed by atoms with van der Waals surface area (Å²) in [5, 5.41) is 0.483. The zero-order valence-electron chi connectivity index (χ0n) is 13.1. The van der Waals surface area contributed by atoms with E-state index in [-0.39, 0.29) is 0 Å². The van der Waals surface area contributed by atoms with E-state index in [2.05, 4.69) is 41.1 Å². The van der Waals surface area contributed by atoms with Crippen LogP contribution < -0.4 is 10.6 Å². The number of carbonyl (C=O) groups excluding carboxylic acids is 1. The Morgan fingerprint density at radius 2 is 2.13 bits per heavy atom. The molecule has 2 heterocycles. The van der Waals surface area contributed by atoms with Gasteiger partial charge in [0.05, 0.1) is 10.6 Å². The Morgan fingerprint density at radius 3 is 2.78 bits per heavy atom. The van der Waals surface area contributed by atoms with Crippen LogP contribution in [0.15, 0.2) is 36.5 Å². The van der Waals surface area contributed by atoms with Crippen LogP contribution in [0.2, 0.25) is 5.02 Å². The van der Waals surface area contributed by atoms with Gasteiger partial charge in [0.15, 0.2) is 0 Å². The highest BCUT2D eigenvalue weighted by atomic mass is 35.5. The maximum Gasteiger partial charge on any atom is 0.250 e. The Balaban J connectivity index is 1.81. The number of hydrogen-bond donors (Lipinski definition) is 1. The van der Waals surface area contributed by atoms with Gasteiger partial charge >= 0.3 is 0 Å². The molecular weight excluding hydrogens is 310 g/mol. The number of aryl methyl sites for hydroxylation is 1. The van der Waals surface area contributed by atoms with E-state index in [9.17, 15) is 4.79 Å². The molecule has 0 bridgehead atoms. The molecule has 1 aliphatic rings. The number of rotatable bonds is 4. The fourth-order valence-corrected chi connectivity index (χ4v) is 3.37. The number of aromatic nitrogens is 1. The SMILES string of the molecule is Cc1ccc(C[C@H]2CCCN2c2ncc(C(N)=O)cc2Cl)cc1. The minimum Gasteiger partial charge on any atom is -0.366 e. The lowest BCUT2D eigenvalue weighted by Gasteiger charge is -2.27. The van der Waals surface area contributed by atoms with E-state index in [1.165, 1.54) is 17.3 Å². The summed E-state index contributed by atoms with van der Waals surface area (Å²) in [7, 11) is 0. The summed E-state index contributed by atoms with van der Waals surface area (Å²) in [4.78, 5) is 17.9. The molecule has 23 heavy (non-hydrogen) atoms. The van der Waals surface area contributed by atoms with Crippen LogP contribution >= 0.6 is 11.6 Å². The van der Waals surface area contributed by atoms with E-state index in [0.29, 0.717) is 16.6 Å². The number of halogens is 1. The molecule has 0 unspecified atom stereocenters. The minimum atomic E-state index is -0.511. The summed E-state index contributed by atoms with van der Waals surface area (Å²) in [6.07, 6.45) is 4.70. The molecule has 2 N–H and O–H groups in total. The summed E-state index contributed by atoms with van der Waals surface area (Å²) < 4.78 is 0. The molecule has 1 atom stereocenters. The van der Waals surface area contributed by atoms with Crippen molar-refractivity contribution in [1.82, 2.24) is 4.98 Å². The smallest absolute Gasteiger partial charge is 0.250 e. The predicted molar refractivity (Wildman–Crippen MR) is 93.0 cm³/mol. The first-order valence-corrected chi connectivity index (χ1v) is 8.20. The van der Waals surface area contributed by atoms with Gasteiger partial charge in [-0.2, -0.15) is 0 Å². The number of pyridine rings is 1. The number of amides is 1. The quantitative estimate of drug-likeness (QED) is 0.935. The van der Waals surface area contributed by atoms with Gasteiger partial charge in [-0.1, -0.05) is 41.4 Å². The average molecular weight is 330 g/mol. The lowest BCUT2D eigenvalue weighted by Crippen LogP contribution is -2.32. The molecule has 4 nitrogen and oxygen atoms in total. The van der Waals surface area contributed by atoms with Gasteiger partial charge in [-0.3, -0.25) is 4.79 Å². The molecule has 0 radical (unpaired) electrons. The van der Waals surface area contributed by atoms with E-state index in [1.807, 2.05) is 0 Å². The number of benzene rings is 1. The third-order valence-electron chi connectivity index (χ3n) is 4.35. The summed E-state index contributed by atoms with van der Waals surface area (Å²) in [6, 6.07) is 10.6. The number of nitrogens with zero attached hydrogens (tertiary/aromatic N) is 2. The molecule has 1 aliphatic heterocycles. The maximum atomic E-state index is 11.2. The van der Waals surface area contributed by atoms with Gasteiger partial charge in [0, 0.05) is 18.8 Å². The third kappa shape index (κ3) is 3.48. The molecule has 0 saturated carbocycles. The second kappa shape index (κ2) is 6.59. The van der Waals surface area contributed by atoms with E-state index >= 15 is 0 Å². The average Bonchev–Trinajstić information content (AvgIpc) is 2.97. The molecule has 1 aromatic carbocycles. The summed E-state index contributed by atoms with van der Waals surface area (Å²) in [5.74, 6) is 0.231. The Bertz CT molecular complexity index is 715. The van der Waals surface area contributed by atoms with Gasteiger partial charge in [-0.15, -0.1) is 0 Å². The molecule has 1 fully saturated rings. The Labute approximate surface area is 141 Å². The van der Waals surface area contributed by atoms with E-state index in [4.69, 9.17) is 17.3 Å². The second-order valence-electron chi connectivity index (χ2n) is 6.07. The van der Waals surface area contributed by atoms with Crippen molar-refractivity contribution >= 4 is 23.3 Å². The molecule has 0 spiro atoms. The molecule has 2 aromatic rings. The summed E-state index contributed by atoms with van der Waals surface area (Å²) >= 11 is 6.33. The van der Waals surface area contributed by atoms with Crippen molar-refractivity contribution < 1.29 is 4.79 Å². The molecule has 5 heteroatoms. The van der Waals surface area contributed by atoms with Gasteiger partial charge in [0.1, 0.15) is 5.82 Å². The van der Waals surface area contributed by atoms with Crippen molar-refractivity contribution in [1.29, 1.82) is 0 Å². The Hall–Kier alpha value is -2.07. The van der Waals surface area contributed by atoms with Gasteiger partial charge < -0.3 is 10.6 Å². The lowest BCUT2D eigenvalue weighted by molar-refractivity contribution is 0.1000. The molecule has 120 valence electrons. The van der Waals surface area contributed by atoms with Crippen molar-refractivity contribution in [3.05, 3.63) is 58.2 Å². The fraction of sp³-hybridized carbons (Fsp3) is 0.333. The van der Waals surface area contributed by atoms with Crippen LogP contribution in [0.25, 0.3) is 0 Å². The van der Waals surface area contributed by atoms with Gasteiger partial charge in [0.2, 0.25) is 5.91 Å². The Kier molecular flexibility index (Phi) is 4.53. The summed E-state index contributed by atoms with van der Waals surface area (Å²) in [6.45, 7) is 3.02.